The SMILES string of the molecule is [B]C#CC#CC#C. The Kier molecular flexibility index (Phi) is 3.89. The highest BCUT2D eigenvalue weighted by Crippen LogP contribution is 1.46. The number of hydrogen-bond donors (Lipinski definition) is 0. The van der Waals surface area contributed by atoms with Crippen molar-refractivity contribution in [3.05, 3.63) is 0 Å². The molecule has 28 valence electrons. The summed E-state index contributed by atoms with van der Waals surface area (Å²) in [6.07, 6.45) is 4.74. The first-order chi connectivity index (χ1) is 3.41. The molecular formula is C6HB. The van der Waals surface area contributed by atoms with Gasteiger partial charge in [-0.2, -0.15) is 5.82 Å². The Morgan fingerprint density at radius 2 is 1.86 bits per heavy atom. The fraction of sp³-hybridized carbons (Fsp3) is 0. The van der Waals surface area contributed by atoms with E-state index in [1.54, 1.807) is 0 Å². The van der Waals surface area contributed by atoms with Crippen molar-refractivity contribution in [2.24, 2.45) is 0 Å². The molecule has 7 heavy (non-hydrogen) atoms. The lowest BCUT2D eigenvalue weighted by molar-refractivity contribution is 2.46. The smallest absolute Gasteiger partial charge is 0.158 e. The van der Waals surface area contributed by atoms with E-state index in [1.165, 1.54) is 0 Å². The number of rotatable bonds is 0. The third-order valence-corrected chi connectivity index (χ3v) is 0.269. The predicted octanol–water partition coefficient (Wildman–Crippen LogP) is -0.248. The molecule has 0 saturated carbocycles. The lowest BCUT2D eigenvalue weighted by Crippen LogP contribution is -1.50. The van der Waals surface area contributed by atoms with Gasteiger partial charge in [0.1, 0.15) is 0 Å². The van der Waals surface area contributed by atoms with Crippen LogP contribution in [0.4, 0.5) is 0 Å². The topological polar surface area (TPSA) is 0 Å². The molecule has 0 rings (SSSR count). The molecule has 0 aliphatic heterocycles. The molecule has 2 radical (unpaired) electrons. The summed E-state index contributed by atoms with van der Waals surface area (Å²) >= 11 is 0. The van der Waals surface area contributed by atoms with Crippen LogP contribution in [0.15, 0.2) is 0 Å². The molecule has 0 aliphatic rings. The van der Waals surface area contributed by atoms with Gasteiger partial charge in [-0.1, -0.05) is 0 Å². The van der Waals surface area contributed by atoms with E-state index in [9.17, 15) is 0 Å². The van der Waals surface area contributed by atoms with Crippen LogP contribution in [0, 0.1) is 35.9 Å². The Balaban J connectivity index is 3.68. The molecule has 0 saturated heterocycles. The average Bonchev–Trinajstić information content (AvgIpc) is 1.69. The van der Waals surface area contributed by atoms with E-state index in [4.69, 9.17) is 14.3 Å². The minimum atomic E-state index is 2.08. The Morgan fingerprint density at radius 3 is 2.29 bits per heavy atom. The summed E-state index contributed by atoms with van der Waals surface area (Å²) in [6, 6.07) is 0. The van der Waals surface area contributed by atoms with Crippen molar-refractivity contribution in [3.63, 3.8) is 0 Å². The Hall–Kier alpha value is -1.26. The zero-order valence-corrected chi connectivity index (χ0v) is 3.65. The van der Waals surface area contributed by atoms with Crippen molar-refractivity contribution < 1.29 is 0 Å². The Morgan fingerprint density at radius 1 is 1.14 bits per heavy atom. The average molecular weight is 83.9 g/mol. The maximum atomic E-state index is 4.74. The van der Waals surface area contributed by atoms with E-state index in [2.05, 4.69) is 29.5 Å². The second kappa shape index (κ2) is 4.74. The summed E-state index contributed by atoms with van der Waals surface area (Å²) in [4.78, 5) is 0. The van der Waals surface area contributed by atoms with Crippen LogP contribution in [0.5, 0.6) is 0 Å². The highest BCUT2D eigenvalue weighted by molar-refractivity contribution is 6.22. The normalized spacial score (nSPS) is 3.29. The van der Waals surface area contributed by atoms with Crippen LogP contribution in [-0.2, 0) is 0 Å². The van der Waals surface area contributed by atoms with Gasteiger partial charge in [-0.3, -0.25) is 0 Å². The van der Waals surface area contributed by atoms with Gasteiger partial charge in [-0.15, -0.1) is 6.42 Å². The summed E-state index contributed by atoms with van der Waals surface area (Å²) < 4.78 is 0. The first-order valence-corrected chi connectivity index (χ1v) is 1.58. The van der Waals surface area contributed by atoms with Crippen molar-refractivity contribution in [2.75, 3.05) is 0 Å². The Labute approximate surface area is 44.7 Å². The van der Waals surface area contributed by atoms with E-state index in [0.717, 1.165) is 0 Å². The van der Waals surface area contributed by atoms with Gasteiger partial charge >= 0.3 is 0 Å². The molecule has 0 bridgehead atoms. The van der Waals surface area contributed by atoms with Gasteiger partial charge < -0.3 is 0 Å². The zero-order valence-electron chi connectivity index (χ0n) is 3.65. The molecule has 0 unspecified atom stereocenters. The van der Waals surface area contributed by atoms with Gasteiger partial charge in [0.05, 0.1) is 0 Å². The molecule has 0 nitrogen and oxygen atoms in total. The minimum absolute atomic E-state index is 2.08. The summed E-state index contributed by atoms with van der Waals surface area (Å²) in [5.41, 5.74) is 0. The zero-order chi connectivity index (χ0) is 5.54. The molecular weight excluding hydrogens is 82.9 g/mol. The molecule has 0 aromatic carbocycles. The maximum Gasteiger partial charge on any atom is 0.189 e. The molecule has 0 fully saturated rings. The molecule has 0 spiro atoms. The van der Waals surface area contributed by atoms with Crippen molar-refractivity contribution in [1.29, 1.82) is 0 Å². The predicted molar refractivity (Wildman–Crippen MR) is 30.1 cm³/mol. The molecule has 0 heterocycles. The van der Waals surface area contributed by atoms with Crippen LogP contribution >= 0.6 is 0 Å². The molecule has 0 aromatic rings. The molecule has 0 atom stereocenters. The van der Waals surface area contributed by atoms with E-state index >= 15 is 0 Å². The van der Waals surface area contributed by atoms with Crippen LogP contribution in [-0.4, -0.2) is 7.85 Å². The molecule has 0 amide bonds. The molecule has 1 heteroatoms. The number of terminal acetylenes is 1. The van der Waals surface area contributed by atoms with Gasteiger partial charge in [0.2, 0.25) is 0 Å². The second-order valence-electron chi connectivity index (χ2n) is 0.664. The van der Waals surface area contributed by atoms with Crippen molar-refractivity contribution in [1.82, 2.24) is 0 Å². The largest absolute Gasteiger partial charge is 0.189 e. The molecule has 0 aromatic heterocycles. The third-order valence-electron chi connectivity index (χ3n) is 0.269. The van der Waals surface area contributed by atoms with Crippen LogP contribution in [0.3, 0.4) is 0 Å². The van der Waals surface area contributed by atoms with Crippen molar-refractivity contribution >= 4 is 7.85 Å². The fourth-order valence-corrected chi connectivity index (χ4v) is 0.103. The third kappa shape index (κ3) is 4.74. The van der Waals surface area contributed by atoms with Crippen molar-refractivity contribution in [3.8, 4) is 35.9 Å². The monoisotopic (exact) mass is 84.0 g/mol. The summed E-state index contributed by atoms with van der Waals surface area (Å²) in [5.74, 6) is 11.0. The quantitative estimate of drug-likeness (QED) is 0.280. The van der Waals surface area contributed by atoms with Gasteiger partial charge in [-0.05, 0) is 23.7 Å². The Bertz CT molecular complexity index is 186. The lowest BCUT2D eigenvalue weighted by Gasteiger charge is -1.49. The van der Waals surface area contributed by atoms with Crippen LogP contribution < -0.4 is 0 Å². The van der Waals surface area contributed by atoms with Crippen LogP contribution in [0.1, 0.15) is 0 Å². The molecule has 0 N–H and O–H groups in total. The number of hydrogen-bond acceptors (Lipinski definition) is 0. The summed E-state index contributed by atoms with van der Waals surface area (Å²) in [7, 11) is 4.74. The summed E-state index contributed by atoms with van der Waals surface area (Å²) in [6.45, 7) is 0. The fourth-order valence-electron chi connectivity index (χ4n) is 0.103. The van der Waals surface area contributed by atoms with Gasteiger partial charge in [0.15, 0.2) is 7.85 Å². The van der Waals surface area contributed by atoms with Gasteiger partial charge in [0.25, 0.3) is 0 Å². The highest BCUT2D eigenvalue weighted by atomic mass is 13.5. The van der Waals surface area contributed by atoms with Gasteiger partial charge in [0, 0.05) is 0 Å². The van der Waals surface area contributed by atoms with Crippen molar-refractivity contribution in [2.45, 2.75) is 0 Å². The van der Waals surface area contributed by atoms with E-state index in [1.807, 2.05) is 0 Å². The van der Waals surface area contributed by atoms with Crippen LogP contribution in [0.25, 0.3) is 0 Å². The second-order valence-corrected chi connectivity index (χ2v) is 0.664. The van der Waals surface area contributed by atoms with E-state index in [0.29, 0.717) is 0 Å². The molecule has 0 aliphatic carbocycles. The van der Waals surface area contributed by atoms with E-state index < -0.39 is 0 Å². The summed E-state index contributed by atoms with van der Waals surface area (Å²) in [5, 5.41) is 0. The van der Waals surface area contributed by atoms with E-state index in [-0.39, 0.29) is 0 Å². The highest BCUT2D eigenvalue weighted by Gasteiger charge is 1.45. The minimum Gasteiger partial charge on any atom is -0.158 e. The van der Waals surface area contributed by atoms with Gasteiger partial charge in [-0.25, -0.2) is 0 Å². The first-order valence-electron chi connectivity index (χ1n) is 1.58. The first kappa shape index (κ1) is 5.74. The standard InChI is InChI=1S/C6HB/c1-2-3-4-5-6-7/h1H. The van der Waals surface area contributed by atoms with Crippen LogP contribution in [0.2, 0.25) is 0 Å². The lowest BCUT2D eigenvalue weighted by atomic mass is 10.2. The maximum absolute atomic E-state index is 4.74.